The van der Waals surface area contributed by atoms with Gasteiger partial charge in [-0.15, -0.1) is 0 Å². The third-order valence-electron chi connectivity index (χ3n) is 6.50. The standard InChI is InChI=1S/C32H33FN2O8/c1-32(2,3)43-31(40)35-18-4-5-26(42-30(39)22-8-14-24(36)15-9-22)19-27(35)34-28(37)20-10-16-25(17-11-20)41-29(38)21-6-12-23(33)13-7-21/h6-17,26-27,36H,4-5,18-19H2,1-3H3,(H,34,37). The number of amides is 2. The fraction of sp³-hybridized carbons (Fsp3) is 0.312. The monoisotopic (exact) mass is 592 g/mol. The van der Waals surface area contributed by atoms with Crippen LogP contribution in [-0.2, 0) is 9.47 Å². The van der Waals surface area contributed by atoms with E-state index in [2.05, 4.69) is 5.32 Å². The summed E-state index contributed by atoms with van der Waals surface area (Å²) in [5.41, 5.74) is -0.122. The topological polar surface area (TPSA) is 131 Å². The quantitative estimate of drug-likeness (QED) is 0.285. The van der Waals surface area contributed by atoms with Gasteiger partial charge in [0.2, 0.25) is 0 Å². The third-order valence-corrected chi connectivity index (χ3v) is 6.50. The maximum absolute atomic E-state index is 13.3. The molecular formula is C32H33FN2O8. The first-order valence-electron chi connectivity index (χ1n) is 13.8. The van der Waals surface area contributed by atoms with Crippen LogP contribution in [0.5, 0.6) is 11.5 Å². The summed E-state index contributed by atoms with van der Waals surface area (Å²) >= 11 is 0. The number of ether oxygens (including phenoxy) is 3. The highest BCUT2D eigenvalue weighted by molar-refractivity contribution is 5.95. The van der Waals surface area contributed by atoms with Crippen molar-refractivity contribution in [1.29, 1.82) is 0 Å². The van der Waals surface area contributed by atoms with Gasteiger partial charge in [0, 0.05) is 18.5 Å². The highest BCUT2D eigenvalue weighted by atomic mass is 19.1. The molecule has 2 N–H and O–H groups in total. The van der Waals surface area contributed by atoms with Gasteiger partial charge >= 0.3 is 18.0 Å². The van der Waals surface area contributed by atoms with E-state index in [9.17, 15) is 28.7 Å². The Morgan fingerprint density at radius 3 is 2.07 bits per heavy atom. The zero-order valence-corrected chi connectivity index (χ0v) is 24.0. The van der Waals surface area contributed by atoms with Crippen LogP contribution in [0.25, 0.3) is 0 Å². The maximum Gasteiger partial charge on any atom is 0.411 e. The molecule has 0 spiro atoms. The van der Waals surface area contributed by atoms with Crippen molar-refractivity contribution in [3.8, 4) is 11.5 Å². The lowest BCUT2D eigenvalue weighted by Gasteiger charge is -2.33. The Kier molecular flexibility index (Phi) is 9.64. The summed E-state index contributed by atoms with van der Waals surface area (Å²) in [6.07, 6.45) is -1.05. The zero-order chi connectivity index (χ0) is 31.1. The van der Waals surface area contributed by atoms with Crippen molar-refractivity contribution in [2.45, 2.75) is 57.9 Å². The van der Waals surface area contributed by atoms with Crippen molar-refractivity contribution in [1.82, 2.24) is 10.2 Å². The third kappa shape index (κ3) is 8.78. The molecule has 1 aliphatic heterocycles. The van der Waals surface area contributed by atoms with Crippen LogP contribution in [-0.4, -0.2) is 58.4 Å². The number of likely N-dealkylation sites (tertiary alicyclic amines) is 1. The first-order valence-corrected chi connectivity index (χ1v) is 13.8. The van der Waals surface area contributed by atoms with Gasteiger partial charge in [-0.2, -0.15) is 0 Å². The summed E-state index contributed by atoms with van der Waals surface area (Å²) in [6, 6.07) is 16.4. The number of carbonyl (C=O) groups is 4. The molecule has 2 unspecified atom stereocenters. The molecule has 2 atom stereocenters. The number of aromatic hydroxyl groups is 1. The second kappa shape index (κ2) is 13.4. The van der Waals surface area contributed by atoms with E-state index in [1.54, 1.807) is 20.8 Å². The van der Waals surface area contributed by atoms with Crippen LogP contribution in [0.3, 0.4) is 0 Å². The molecule has 4 rings (SSSR count). The first-order chi connectivity index (χ1) is 20.4. The van der Waals surface area contributed by atoms with Crippen LogP contribution >= 0.6 is 0 Å². The molecule has 3 aromatic carbocycles. The number of nitrogens with one attached hydrogen (secondary N) is 1. The summed E-state index contributed by atoms with van der Waals surface area (Å²) in [6.45, 7) is 5.47. The molecule has 11 heteroatoms. The summed E-state index contributed by atoms with van der Waals surface area (Å²) in [5, 5.41) is 12.4. The Balaban J connectivity index is 1.47. The molecule has 1 heterocycles. The Morgan fingerprint density at radius 2 is 1.44 bits per heavy atom. The van der Waals surface area contributed by atoms with Crippen molar-refractivity contribution in [3.05, 3.63) is 95.3 Å². The Bertz CT molecular complexity index is 1450. The molecule has 1 aliphatic rings. The minimum atomic E-state index is -0.863. The van der Waals surface area contributed by atoms with Gasteiger partial charge in [-0.3, -0.25) is 9.69 Å². The lowest BCUT2D eigenvalue weighted by atomic mass is 10.1. The van der Waals surface area contributed by atoms with Gasteiger partial charge in [-0.1, -0.05) is 0 Å². The molecule has 226 valence electrons. The fourth-order valence-electron chi connectivity index (χ4n) is 4.40. The SMILES string of the molecule is CC(C)(C)OC(=O)N1CCCC(OC(=O)c2ccc(O)cc2)CC1NC(=O)c1ccc(OC(=O)c2ccc(F)cc2)cc1. The van der Waals surface area contributed by atoms with Crippen molar-refractivity contribution >= 4 is 23.9 Å². The number of hydrogen-bond donors (Lipinski definition) is 2. The lowest BCUT2D eigenvalue weighted by molar-refractivity contribution is 0.00665. The molecule has 0 bridgehead atoms. The number of phenols is 1. The number of rotatable bonds is 6. The minimum absolute atomic E-state index is 0.0147. The predicted octanol–water partition coefficient (Wildman–Crippen LogP) is 5.45. The van der Waals surface area contributed by atoms with Crippen LogP contribution in [0.4, 0.5) is 9.18 Å². The first kappa shape index (κ1) is 31.0. The van der Waals surface area contributed by atoms with Gasteiger partial charge < -0.3 is 24.6 Å². The van der Waals surface area contributed by atoms with Crippen molar-refractivity contribution < 1.29 is 42.9 Å². The van der Waals surface area contributed by atoms with Gasteiger partial charge in [0.15, 0.2) is 0 Å². The Labute approximate surface area is 248 Å². The number of benzene rings is 3. The smallest absolute Gasteiger partial charge is 0.411 e. The molecule has 1 fully saturated rings. The van der Waals surface area contributed by atoms with Gasteiger partial charge in [0.25, 0.3) is 5.91 Å². The highest BCUT2D eigenvalue weighted by Gasteiger charge is 2.35. The number of phenolic OH excluding ortho intramolecular Hbond substituents is 1. The largest absolute Gasteiger partial charge is 0.508 e. The van der Waals surface area contributed by atoms with Crippen LogP contribution in [0.15, 0.2) is 72.8 Å². The van der Waals surface area contributed by atoms with Gasteiger partial charge in [0.05, 0.1) is 11.1 Å². The number of carbonyl (C=O) groups excluding carboxylic acids is 4. The van der Waals surface area contributed by atoms with Crippen molar-refractivity contribution in [2.75, 3.05) is 6.54 Å². The normalized spacial score (nSPS) is 16.9. The Hall–Kier alpha value is -4.93. The molecule has 43 heavy (non-hydrogen) atoms. The van der Waals surface area contributed by atoms with E-state index in [0.29, 0.717) is 12.8 Å². The molecule has 0 saturated carbocycles. The van der Waals surface area contributed by atoms with E-state index in [-0.39, 0.29) is 41.2 Å². The summed E-state index contributed by atoms with van der Waals surface area (Å²) in [4.78, 5) is 52.9. The molecule has 10 nitrogen and oxygen atoms in total. The van der Waals surface area contributed by atoms with E-state index in [1.807, 2.05) is 0 Å². The number of nitrogens with zero attached hydrogens (tertiary/aromatic N) is 1. The van der Waals surface area contributed by atoms with Gasteiger partial charge in [-0.05, 0) is 106 Å². The second-order valence-corrected chi connectivity index (χ2v) is 11.0. The molecule has 1 saturated heterocycles. The fourth-order valence-corrected chi connectivity index (χ4v) is 4.40. The van der Waals surface area contributed by atoms with E-state index in [4.69, 9.17) is 14.2 Å². The van der Waals surface area contributed by atoms with E-state index in [0.717, 1.165) is 12.1 Å². The molecular weight excluding hydrogens is 559 g/mol. The number of esters is 2. The summed E-state index contributed by atoms with van der Waals surface area (Å²) in [5.74, 6) is -2.07. The van der Waals surface area contributed by atoms with Crippen LogP contribution in [0.1, 0.15) is 71.1 Å². The maximum atomic E-state index is 13.3. The van der Waals surface area contributed by atoms with Crippen LogP contribution in [0, 0.1) is 5.82 Å². The average molecular weight is 593 g/mol. The lowest BCUT2D eigenvalue weighted by Crippen LogP contribution is -2.52. The molecule has 0 aromatic heterocycles. The van der Waals surface area contributed by atoms with E-state index in [1.165, 1.54) is 65.6 Å². The minimum Gasteiger partial charge on any atom is -0.508 e. The molecule has 0 aliphatic carbocycles. The molecule has 3 aromatic rings. The van der Waals surface area contributed by atoms with E-state index >= 15 is 0 Å². The van der Waals surface area contributed by atoms with Crippen LogP contribution < -0.4 is 10.1 Å². The second-order valence-electron chi connectivity index (χ2n) is 11.0. The Morgan fingerprint density at radius 1 is 0.860 bits per heavy atom. The molecule has 0 radical (unpaired) electrons. The highest BCUT2D eigenvalue weighted by Crippen LogP contribution is 2.24. The zero-order valence-electron chi connectivity index (χ0n) is 24.0. The predicted molar refractivity (Wildman–Crippen MR) is 153 cm³/mol. The molecule has 2 amide bonds. The van der Waals surface area contributed by atoms with Gasteiger partial charge in [0.1, 0.15) is 35.2 Å². The van der Waals surface area contributed by atoms with Gasteiger partial charge in [-0.25, -0.2) is 18.8 Å². The number of halogens is 1. The van der Waals surface area contributed by atoms with Crippen molar-refractivity contribution in [2.24, 2.45) is 0 Å². The number of hydrogen-bond acceptors (Lipinski definition) is 8. The summed E-state index contributed by atoms with van der Waals surface area (Å²) < 4.78 is 29.7. The summed E-state index contributed by atoms with van der Waals surface area (Å²) in [7, 11) is 0. The van der Waals surface area contributed by atoms with E-state index < -0.39 is 47.6 Å². The average Bonchev–Trinajstić information content (AvgIpc) is 3.15. The van der Waals surface area contributed by atoms with Crippen molar-refractivity contribution in [3.63, 3.8) is 0 Å². The van der Waals surface area contributed by atoms with Crippen LogP contribution in [0.2, 0.25) is 0 Å².